The molecule has 2 N–H and O–H groups in total. The highest BCUT2D eigenvalue weighted by Crippen LogP contribution is 2.33. The van der Waals surface area contributed by atoms with Crippen LogP contribution in [-0.2, 0) is 0 Å². The second-order valence-electron chi connectivity index (χ2n) is 3.60. The van der Waals surface area contributed by atoms with Crippen LogP contribution in [0.1, 0.15) is 16.5 Å². The predicted molar refractivity (Wildman–Crippen MR) is 77.1 cm³/mol. The first-order valence-corrected chi connectivity index (χ1v) is 6.15. The van der Waals surface area contributed by atoms with Gasteiger partial charge in [-0.1, -0.05) is 6.07 Å². The van der Waals surface area contributed by atoms with Gasteiger partial charge in [-0.15, -0.1) is 23.7 Å². The van der Waals surface area contributed by atoms with Crippen molar-refractivity contribution in [3.63, 3.8) is 0 Å². The largest absolute Gasteiger partial charge is 0.497 e. The maximum Gasteiger partial charge on any atom is 0.124 e. The molecule has 18 heavy (non-hydrogen) atoms. The zero-order chi connectivity index (χ0) is 12.3. The van der Waals surface area contributed by atoms with Crippen molar-refractivity contribution in [1.29, 1.82) is 0 Å². The van der Waals surface area contributed by atoms with Gasteiger partial charge >= 0.3 is 0 Å². The fourth-order valence-electron chi connectivity index (χ4n) is 1.70. The highest BCUT2D eigenvalue weighted by molar-refractivity contribution is 7.10. The number of ether oxygens (including phenoxy) is 2. The Balaban J connectivity index is 0.00000162. The first-order valence-electron chi connectivity index (χ1n) is 5.27. The van der Waals surface area contributed by atoms with Gasteiger partial charge in [0.05, 0.1) is 20.3 Å². The van der Waals surface area contributed by atoms with Crippen molar-refractivity contribution in [3.8, 4) is 11.5 Å². The summed E-state index contributed by atoms with van der Waals surface area (Å²) >= 11 is 1.64. The van der Waals surface area contributed by atoms with Gasteiger partial charge in [-0.3, -0.25) is 0 Å². The van der Waals surface area contributed by atoms with Gasteiger partial charge in [-0.05, 0) is 29.6 Å². The third kappa shape index (κ3) is 2.96. The topological polar surface area (TPSA) is 44.5 Å². The maximum atomic E-state index is 6.24. The van der Waals surface area contributed by atoms with E-state index < -0.39 is 0 Å². The zero-order valence-electron chi connectivity index (χ0n) is 10.3. The van der Waals surface area contributed by atoms with Crippen molar-refractivity contribution in [2.24, 2.45) is 5.73 Å². The van der Waals surface area contributed by atoms with Gasteiger partial charge in [-0.2, -0.15) is 0 Å². The molecular weight excluding hydrogens is 270 g/mol. The molecule has 2 aromatic rings. The molecule has 1 aromatic carbocycles. The van der Waals surface area contributed by atoms with Gasteiger partial charge in [0.25, 0.3) is 0 Å². The van der Waals surface area contributed by atoms with Crippen LogP contribution < -0.4 is 15.2 Å². The van der Waals surface area contributed by atoms with E-state index in [0.29, 0.717) is 0 Å². The van der Waals surface area contributed by atoms with E-state index in [1.807, 2.05) is 35.7 Å². The second kappa shape index (κ2) is 6.64. The molecule has 1 aromatic heterocycles. The van der Waals surface area contributed by atoms with Crippen molar-refractivity contribution >= 4 is 23.7 Å². The Hall–Kier alpha value is -1.23. The normalized spacial score (nSPS) is 11.5. The number of hydrogen-bond acceptors (Lipinski definition) is 4. The molecule has 0 unspecified atom stereocenters. The molecule has 0 aliphatic carbocycles. The summed E-state index contributed by atoms with van der Waals surface area (Å²) in [6.45, 7) is 0. The molecule has 0 aliphatic rings. The minimum Gasteiger partial charge on any atom is -0.497 e. The molecule has 1 heterocycles. The Morgan fingerprint density at radius 3 is 2.50 bits per heavy atom. The lowest BCUT2D eigenvalue weighted by molar-refractivity contribution is 0.397. The van der Waals surface area contributed by atoms with Gasteiger partial charge in [0.1, 0.15) is 11.5 Å². The van der Waals surface area contributed by atoms with Crippen LogP contribution in [0.3, 0.4) is 0 Å². The summed E-state index contributed by atoms with van der Waals surface area (Å²) < 4.78 is 10.5. The number of thiophene rings is 1. The van der Waals surface area contributed by atoms with E-state index in [9.17, 15) is 0 Å². The van der Waals surface area contributed by atoms with Crippen LogP contribution in [0, 0.1) is 0 Å². The molecule has 98 valence electrons. The lowest BCUT2D eigenvalue weighted by Gasteiger charge is -2.15. The van der Waals surface area contributed by atoms with Crippen molar-refractivity contribution < 1.29 is 9.47 Å². The second-order valence-corrected chi connectivity index (χ2v) is 4.58. The summed E-state index contributed by atoms with van der Waals surface area (Å²) in [4.78, 5) is 1.11. The molecule has 0 fully saturated rings. The van der Waals surface area contributed by atoms with Crippen LogP contribution >= 0.6 is 23.7 Å². The van der Waals surface area contributed by atoms with Crippen molar-refractivity contribution in [2.75, 3.05) is 14.2 Å². The van der Waals surface area contributed by atoms with Crippen LogP contribution in [0.25, 0.3) is 0 Å². The van der Waals surface area contributed by atoms with E-state index in [1.165, 1.54) is 0 Å². The third-order valence-corrected chi connectivity index (χ3v) is 3.58. The fraction of sp³-hybridized carbons (Fsp3) is 0.231. The van der Waals surface area contributed by atoms with Crippen molar-refractivity contribution in [1.82, 2.24) is 0 Å². The summed E-state index contributed by atoms with van der Waals surface area (Å²) in [6.07, 6.45) is 0. The van der Waals surface area contributed by atoms with E-state index >= 15 is 0 Å². The maximum absolute atomic E-state index is 6.24. The summed E-state index contributed by atoms with van der Waals surface area (Å²) in [5.41, 5.74) is 7.17. The summed E-state index contributed by atoms with van der Waals surface area (Å²) in [5.74, 6) is 1.57. The highest BCUT2D eigenvalue weighted by Gasteiger charge is 2.15. The summed E-state index contributed by atoms with van der Waals surface area (Å²) in [6, 6.07) is 9.50. The van der Waals surface area contributed by atoms with Gasteiger partial charge in [0, 0.05) is 10.4 Å². The molecule has 0 saturated carbocycles. The molecule has 0 saturated heterocycles. The number of methoxy groups -OCH3 is 2. The van der Waals surface area contributed by atoms with Crippen LogP contribution in [0.4, 0.5) is 0 Å². The van der Waals surface area contributed by atoms with E-state index in [4.69, 9.17) is 15.2 Å². The molecule has 0 radical (unpaired) electrons. The van der Waals surface area contributed by atoms with Crippen molar-refractivity contribution in [3.05, 3.63) is 46.2 Å². The predicted octanol–water partition coefficient (Wildman–Crippen LogP) is 3.24. The molecule has 1 atom stereocenters. The average molecular weight is 286 g/mol. The van der Waals surface area contributed by atoms with E-state index in [2.05, 4.69) is 0 Å². The molecule has 2 rings (SSSR count). The standard InChI is InChI=1S/C13H15NO2S.ClH/c1-15-9-5-6-11(16-2)10(8-9)13(14)12-4-3-7-17-12;/h3-8,13H,14H2,1-2H3;1H/t13-;/m0./s1. The van der Waals surface area contributed by atoms with Gasteiger partial charge in [0.15, 0.2) is 0 Å². The third-order valence-electron chi connectivity index (χ3n) is 2.62. The molecule has 0 amide bonds. The highest BCUT2D eigenvalue weighted by atomic mass is 35.5. The minimum absolute atomic E-state index is 0. The summed E-state index contributed by atoms with van der Waals surface area (Å²) in [7, 11) is 3.29. The Labute approximate surface area is 117 Å². The number of rotatable bonds is 4. The number of benzene rings is 1. The number of nitrogens with two attached hydrogens (primary N) is 1. The monoisotopic (exact) mass is 285 g/mol. The average Bonchev–Trinajstić information content (AvgIpc) is 2.91. The van der Waals surface area contributed by atoms with E-state index in [0.717, 1.165) is 21.9 Å². The van der Waals surface area contributed by atoms with E-state index in [-0.39, 0.29) is 18.4 Å². The Morgan fingerprint density at radius 2 is 1.94 bits per heavy atom. The van der Waals surface area contributed by atoms with Gasteiger partial charge < -0.3 is 15.2 Å². The van der Waals surface area contributed by atoms with Gasteiger partial charge in [-0.25, -0.2) is 0 Å². The van der Waals surface area contributed by atoms with Crippen molar-refractivity contribution in [2.45, 2.75) is 6.04 Å². The van der Waals surface area contributed by atoms with Gasteiger partial charge in [0.2, 0.25) is 0 Å². The molecular formula is C13H16ClNO2S. The molecule has 5 heteroatoms. The quantitative estimate of drug-likeness (QED) is 0.938. The lowest BCUT2D eigenvalue weighted by Crippen LogP contribution is -2.11. The Morgan fingerprint density at radius 1 is 1.17 bits per heavy atom. The molecule has 0 bridgehead atoms. The Bertz CT molecular complexity index is 488. The number of hydrogen-bond donors (Lipinski definition) is 1. The molecule has 3 nitrogen and oxygen atoms in total. The summed E-state index contributed by atoms with van der Waals surface area (Å²) in [5, 5.41) is 2.02. The van der Waals surface area contributed by atoms with Crippen LogP contribution in [0.15, 0.2) is 35.7 Å². The number of halogens is 1. The lowest BCUT2D eigenvalue weighted by atomic mass is 10.0. The minimum atomic E-state index is -0.181. The first kappa shape index (κ1) is 14.8. The van der Waals surface area contributed by atoms with Crippen LogP contribution in [-0.4, -0.2) is 14.2 Å². The smallest absolute Gasteiger partial charge is 0.124 e. The first-order chi connectivity index (χ1) is 8.26. The van der Waals surface area contributed by atoms with Crippen LogP contribution in [0.5, 0.6) is 11.5 Å². The molecule has 0 aliphatic heterocycles. The Kier molecular flexibility index (Phi) is 5.47. The zero-order valence-corrected chi connectivity index (χ0v) is 11.9. The fourth-order valence-corrected chi connectivity index (χ4v) is 2.45. The van der Waals surface area contributed by atoms with E-state index in [1.54, 1.807) is 25.6 Å². The molecule has 0 spiro atoms. The SMILES string of the molecule is COc1ccc(OC)c([C@H](N)c2cccs2)c1.Cl. The van der Waals surface area contributed by atoms with Crippen LogP contribution in [0.2, 0.25) is 0 Å².